The topological polar surface area (TPSA) is 117 Å². The first kappa shape index (κ1) is 39.7. The number of ether oxygens (including phenoxy) is 1. The lowest BCUT2D eigenvalue weighted by molar-refractivity contribution is -0.126. The predicted octanol–water partition coefficient (Wildman–Crippen LogP) is 8.94. The molecule has 0 fully saturated rings. The first-order valence-electron chi connectivity index (χ1n) is 18.3. The number of allylic oxidation sites excluding steroid dienone is 4. The van der Waals surface area contributed by atoms with Gasteiger partial charge in [0.2, 0.25) is 5.91 Å². The molecule has 0 radical (unpaired) electrons. The molecule has 1 aliphatic heterocycles. The number of carbonyl (C=O) groups excluding carboxylic acids is 3. The number of nitrogens with one attached hydrogen (secondary N) is 1. The summed E-state index contributed by atoms with van der Waals surface area (Å²) in [5, 5.41) is 12.6. The summed E-state index contributed by atoms with van der Waals surface area (Å²) in [7, 11) is 0. The molecular formula is C47H41N5O4S. The van der Waals surface area contributed by atoms with Crippen LogP contribution in [0.5, 0.6) is 5.75 Å². The minimum absolute atomic E-state index is 0.0918. The Morgan fingerprint density at radius 3 is 2.23 bits per heavy atom. The minimum atomic E-state index is -0.696. The summed E-state index contributed by atoms with van der Waals surface area (Å²) in [4.78, 5) is 47.3. The highest BCUT2D eigenvalue weighted by Gasteiger charge is 2.35. The first-order valence-corrected chi connectivity index (χ1v) is 19.3. The molecule has 5 aromatic rings. The summed E-state index contributed by atoms with van der Waals surface area (Å²) >= 11 is 1.02. The summed E-state index contributed by atoms with van der Waals surface area (Å²) in [6.07, 6.45) is 8.30. The molecule has 57 heavy (non-hydrogen) atoms. The van der Waals surface area contributed by atoms with Gasteiger partial charge in [0.25, 0.3) is 11.8 Å². The second kappa shape index (κ2) is 18.6. The Balaban J connectivity index is 1.24. The van der Waals surface area contributed by atoms with Crippen LogP contribution in [0.3, 0.4) is 0 Å². The van der Waals surface area contributed by atoms with Gasteiger partial charge in [-0.2, -0.15) is 10.3 Å². The number of benzene rings is 4. The van der Waals surface area contributed by atoms with Crippen LogP contribution in [0.4, 0.5) is 0 Å². The van der Waals surface area contributed by atoms with Crippen LogP contribution in [0.15, 0.2) is 162 Å². The van der Waals surface area contributed by atoms with Crippen molar-refractivity contribution in [2.45, 2.75) is 33.4 Å². The largest absolute Gasteiger partial charge is 0.489 e. The molecule has 0 spiro atoms. The van der Waals surface area contributed by atoms with E-state index in [2.05, 4.69) is 23.0 Å². The zero-order valence-corrected chi connectivity index (χ0v) is 32.7. The van der Waals surface area contributed by atoms with Crippen molar-refractivity contribution in [2.75, 3.05) is 5.75 Å². The molecule has 6 rings (SSSR count). The van der Waals surface area contributed by atoms with Crippen LogP contribution in [0.25, 0.3) is 11.8 Å². The number of aryl methyl sites for hydroxylation is 1. The second-order valence-corrected chi connectivity index (χ2v) is 14.0. The van der Waals surface area contributed by atoms with Gasteiger partial charge in [0.05, 0.1) is 23.4 Å². The molecule has 1 aromatic heterocycles. The van der Waals surface area contributed by atoms with Crippen molar-refractivity contribution in [3.05, 3.63) is 197 Å². The molecule has 3 amide bonds. The lowest BCUT2D eigenvalue weighted by atomic mass is 9.99. The van der Waals surface area contributed by atoms with Gasteiger partial charge in [-0.15, -0.1) is 0 Å². The number of amidine groups is 1. The van der Waals surface area contributed by atoms with Crippen LogP contribution in [0, 0.1) is 25.2 Å². The van der Waals surface area contributed by atoms with Crippen molar-refractivity contribution in [1.29, 1.82) is 5.26 Å². The molecule has 0 aliphatic carbocycles. The number of nitriles is 1. The van der Waals surface area contributed by atoms with Crippen LogP contribution in [-0.2, 0) is 21.0 Å². The third-order valence-electron chi connectivity index (χ3n) is 9.31. The molecule has 0 bridgehead atoms. The highest BCUT2D eigenvalue weighted by molar-refractivity contribution is 8.14. The number of hydrogen-bond donors (Lipinski definition) is 1. The standard InChI is InChI=1S/C47H41N5O4S/c1-5-7-22-39(6-2)52-46(55)42(45(54)50-47(52)57-31-43(53)49-44(34-16-10-8-11-17-34)35-18-12-9-13-19-35)28-38-27-32(3)51(33(38)4)40-23-25-41(26-24-40)56-30-37-21-15-14-20-36(37)29-48/h5-28,44H,1,30-31H2,2-4H3,(H,49,53)/b22-7-,39-6+,42-28+. The van der Waals surface area contributed by atoms with Crippen molar-refractivity contribution in [3.63, 3.8) is 0 Å². The van der Waals surface area contributed by atoms with Gasteiger partial charge in [-0.3, -0.25) is 19.3 Å². The third-order valence-corrected chi connectivity index (χ3v) is 10.2. The summed E-state index contributed by atoms with van der Waals surface area (Å²) in [5.74, 6) is -0.989. The second-order valence-electron chi connectivity index (χ2n) is 13.0. The predicted molar refractivity (Wildman–Crippen MR) is 226 cm³/mol. The van der Waals surface area contributed by atoms with Crippen LogP contribution < -0.4 is 10.1 Å². The molecule has 0 saturated heterocycles. The Kier molecular flexibility index (Phi) is 13.0. The van der Waals surface area contributed by atoms with Crippen LogP contribution >= 0.6 is 11.8 Å². The Labute approximate surface area is 337 Å². The summed E-state index contributed by atoms with van der Waals surface area (Å²) in [6.45, 7) is 9.67. The molecule has 10 heteroatoms. The van der Waals surface area contributed by atoms with Crippen molar-refractivity contribution >= 4 is 40.7 Å². The van der Waals surface area contributed by atoms with Crippen molar-refractivity contribution in [1.82, 2.24) is 14.8 Å². The SMILES string of the molecule is C=C/C=C\C(=C/C)N1C(=O)/C(=C/c2cc(C)n(-c3ccc(OCc4ccccc4C#N)cc3)c2C)C(=O)N=C1SCC(=O)NC(c1ccccc1)c1ccccc1. The fourth-order valence-electron chi connectivity index (χ4n) is 6.49. The van der Waals surface area contributed by atoms with Gasteiger partial charge < -0.3 is 14.6 Å². The van der Waals surface area contributed by atoms with Crippen molar-refractivity contribution in [2.24, 2.45) is 4.99 Å². The molecule has 1 aliphatic rings. The number of rotatable bonds is 13. The van der Waals surface area contributed by atoms with E-state index in [-0.39, 0.29) is 29.0 Å². The van der Waals surface area contributed by atoms with Crippen molar-refractivity contribution in [3.8, 4) is 17.5 Å². The summed E-state index contributed by atoms with van der Waals surface area (Å²) < 4.78 is 8.00. The number of amides is 3. The minimum Gasteiger partial charge on any atom is -0.489 e. The Hall–Kier alpha value is -6.96. The van der Waals surface area contributed by atoms with Gasteiger partial charge in [0.15, 0.2) is 5.17 Å². The van der Waals surface area contributed by atoms with E-state index in [0.717, 1.165) is 45.5 Å². The van der Waals surface area contributed by atoms with E-state index in [4.69, 9.17) is 4.74 Å². The Morgan fingerprint density at radius 1 is 0.947 bits per heavy atom. The van der Waals surface area contributed by atoms with Gasteiger partial charge in [-0.1, -0.05) is 115 Å². The fourth-order valence-corrected chi connectivity index (χ4v) is 7.30. The quantitative estimate of drug-likeness (QED) is 0.0726. The number of carbonyl (C=O) groups is 3. The smallest absolute Gasteiger partial charge is 0.285 e. The summed E-state index contributed by atoms with van der Waals surface area (Å²) in [5.41, 5.74) is 6.83. The fraction of sp³-hybridized carbons (Fsp3) is 0.128. The van der Waals surface area contributed by atoms with Crippen LogP contribution in [0.1, 0.15) is 52.2 Å². The molecule has 1 N–H and O–H groups in total. The number of nitrogens with zero attached hydrogens (tertiary/aromatic N) is 4. The average Bonchev–Trinajstić information content (AvgIpc) is 3.52. The monoisotopic (exact) mass is 771 g/mol. The van der Waals surface area contributed by atoms with E-state index in [9.17, 15) is 19.6 Å². The summed E-state index contributed by atoms with van der Waals surface area (Å²) in [6, 6.07) is 38.0. The molecule has 2 heterocycles. The van der Waals surface area contributed by atoms with E-state index < -0.39 is 17.9 Å². The van der Waals surface area contributed by atoms with E-state index in [1.807, 2.05) is 128 Å². The maximum absolute atomic E-state index is 14.3. The molecule has 9 nitrogen and oxygen atoms in total. The van der Waals surface area contributed by atoms with Crippen LogP contribution in [-0.4, -0.2) is 38.1 Å². The highest BCUT2D eigenvalue weighted by atomic mass is 32.2. The van der Waals surface area contributed by atoms with Gasteiger partial charge in [-0.05, 0) is 86.0 Å². The molecule has 0 unspecified atom stereocenters. The molecule has 4 aromatic carbocycles. The average molecular weight is 772 g/mol. The van der Waals surface area contributed by atoms with Gasteiger partial charge in [0.1, 0.15) is 17.9 Å². The van der Waals surface area contributed by atoms with E-state index in [1.165, 1.54) is 4.90 Å². The zero-order valence-electron chi connectivity index (χ0n) is 31.9. The molecular weight excluding hydrogens is 731 g/mol. The van der Waals surface area contributed by atoms with Gasteiger partial charge in [-0.25, -0.2) is 0 Å². The van der Waals surface area contributed by atoms with Crippen LogP contribution in [0.2, 0.25) is 0 Å². The first-order chi connectivity index (χ1) is 27.7. The number of aromatic nitrogens is 1. The molecule has 284 valence electrons. The van der Waals surface area contributed by atoms with E-state index in [0.29, 0.717) is 22.6 Å². The molecule has 0 saturated carbocycles. The highest BCUT2D eigenvalue weighted by Crippen LogP contribution is 2.30. The number of hydrogen-bond acceptors (Lipinski definition) is 6. The Bertz CT molecular complexity index is 2420. The van der Waals surface area contributed by atoms with E-state index >= 15 is 0 Å². The lowest BCUT2D eigenvalue weighted by Crippen LogP contribution is -2.42. The zero-order chi connectivity index (χ0) is 40.3. The van der Waals surface area contributed by atoms with Crippen molar-refractivity contribution < 1.29 is 19.1 Å². The maximum Gasteiger partial charge on any atom is 0.285 e. The van der Waals surface area contributed by atoms with E-state index in [1.54, 1.807) is 43.4 Å². The normalized spacial score (nSPS) is 13.9. The number of thioether (sulfide) groups is 1. The Morgan fingerprint density at radius 2 is 1.60 bits per heavy atom. The third kappa shape index (κ3) is 9.30. The van der Waals surface area contributed by atoms with Gasteiger partial charge in [0, 0.05) is 28.3 Å². The number of aliphatic imine (C=N–C) groups is 1. The maximum atomic E-state index is 14.3. The lowest BCUT2D eigenvalue weighted by Gasteiger charge is -2.28. The van der Waals surface area contributed by atoms with Gasteiger partial charge >= 0.3 is 0 Å². The molecule has 0 atom stereocenters.